The van der Waals surface area contributed by atoms with Crippen molar-refractivity contribution in [3.05, 3.63) is 76.9 Å². The smallest absolute Gasteiger partial charge is 0.389 e. The quantitative estimate of drug-likeness (QED) is 0.549. The van der Waals surface area contributed by atoms with Crippen molar-refractivity contribution in [2.75, 3.05) is 18.6 Å². The van der Waals surface area contributed by atoms with E-state index in [-0.39, 0.29) is 23.7 Å². The number of sulfone groups is 1. The van der Waals surface area contributed by atoms with Gasteiger partial charge in [-0.15, -0.1) is 0 Å². The highest BCUT2D eigenvalue weighted by Gasteiger charge is 2.33. The van der Waals surface area contributed by atoms with E-state index in [0.717, 1.165) is 24.5 Å². The van der Waals surface area contributed by atoms with Crippen molar-refractivity contribution in [2.24, 2.45) is 0 Å². The molecule has 2 rings (SSSR count). The van der Waals surface area contributed by atoms with Crippen LogP contribution in [-0.2, 0) is 16.0 Å². The number of amides is 1. The normalized spacial score (nSPS) is 15.9. The number of carbonyl (C=O) groups excluding carboxylic acids is 1. The van der Waals surface area contributed by atoms with Gasteiger partial charge >= 0.3 is 6.18 Å². The first-order chi connectivity index (χ1) is 14.3. The monoisotopic (exact) mass is 454 g/mol. The Morgan fingerprint density at radius 2 is 1.97 bits per heavy atom. The minimum absolute atomic E-state index is 0.0834. The summed E-state index contributed by atoms with van der Waals surface area (Å²) in [4.78, 5) is 15.9. The maximum atomic E-state index is 12.9. The summed E-state index contributed by atoms with van der Waals surface area (Å²) in [6.07, 6.45) is 0.730. The Hall–Kier alpha value is -3.21. The summed E-state index contributed by atoms with van der Waals surface area (Å²) in [5, 5.41) is 13.4. The second kappa shape index (κ2) is 9.29. The average Bonchev–Trinajstić information content (AvgIpc) is 2.65. The molecule has 0 saturated carbocycles. The van der Waals surface area contributed by atoms with Crippen LogP contribution in [0.25, 0.3) is 0 Å². The first-order valence-electron chi connectivity index (χ1n) is 8.93. The molecule has 1 aliphatic carbocycles. The molecule has 11 heteroatoms. The largest absolute Gasteiger partial charge is 0.433 e. The number of aromatic nitrogens is 1. The zero-order valence-electron chi connectivity index (χ0n) is 16.8. The fourth-order valence-corrected chi connectivity index (χ4v) is 3.01. The Balaban J connectivity index is 2.28. The van der Waals surface area contributed by atoms with Gasteiger partial charge in [-0.3, -0.25) is 4.79 Å². The molecular weight excluding hydrogens is 433 g/mol. The Bertz CT molecular complexity index is 1120. The molecular formula is C20H21F3N4O3S. The summed E-state index contributed by atoms with van der Waals surface area (Å²) >= 11 is 0. The summed E-state index contributed by atoms with van der Waals surface area (Å²) < 4.78 is 61.0. The number of nitrogens with one attached hydrogen (secondary N) is 3. The van der Waals surface area contributed by atoms with Crippen LogP contribution in [0.4, 0.5) is 13.2 Å². The highest BCUT2D eigenvalue weighted by molar-refractivity contribution is 7.90. The van der Waals surface area contributed by atoms with E-state index in [1.807, 2.05) is 0 Å². The topological polar surface area (TPSA) is 112 Å². The molecule has 0 spiro atoms. The number of carbonyl (C=O) groups is 1. The van der Waals surface area contributed by atoms with Crippen molar-refractivity contribution in [3.63, 3.8) is 0 Å². The SMILES string of the molecule is C=C(C)C1=CC(=N)/C(=C\NCCS(C)(=O)=O)C=C1NC(=O)c1cccc(C(F)(F)F)n1. The van der Waals surface area contributed by atoms with Crippen LogP contribution in [0.5, 0.6) is 0 Å². The summed E-state index contributed by atoms with van der Waals surface area (Å²) in [5.41, 5.74) is -0.00847. The molecule has 0 radical (unpaired) electrons. The van der Waals surface area contributed by atoms with Gasteiger partial charge in [0, 0.05) is 35.8 Å². The lowest BCUT2D eigenvalue weighted by Crippen LogP contribution is -2.28. The zero-order chi connectivity index (χ0) is 23.4. The van der Waals surface area contributed by atoms with Crippen molar-refractivity contribution in [3.8, 4) is 0 Å². The Kier molecular flexibility index (Phi) is 7.21. The van der Waals surface area contributed by atoms with Gasteiger partial charge in [-0.25, -0.2) is 13.4 Å². The Morgan fingerprint density at radius 3 is 2.55 bits per heavy atom. The number of hydrogen-bond acceptors (Lipinski definition) is 6. The second-order valence-electron chi connectivity index (χ2n) is 6.85. The lowest BCUT2D eigenvalue weighted by Gasteiger charge is -2.20. The van der Waals surface area contributed by atoms with Crippen molar-refractivity contribution in [2.45, 2.75) is 13.1 Å². The summed E-state index contributed by atoms with van der Waals surface area (Å²) in [6, 6.07) is 3.01. The number of halogens is 3. The summed E-state index contributed by atoms with van der Waals surface area (Å²) in [6.45, 7) is 5.57. The van der Waals surface area contributed by atoms with Gasteiger partial charge in [-0.2, -0.15) is 13.2 Å². The third-order valence-electron chi connectivity index (χ3n) is 4.04. The zero-order valence-corrected chi connectivity index (χ0v) is 17.6. The molecule has 0 aliphatic heterocycles. The third-order valence-corrected chi connectivity index (χ3v) is 4.99. The maximum Gasteiger partial charge on any atom is 0.433 e. The number of pyridine rings is 1. The van der Waals surface area contributed by atoms with Crippen LogP contribution in [0.15, 0.2) is 65.5 Å². The Labute approximate surface area is 177 Å². The van der Waals surface area contributed by atoms with Gasteiger partial charge in [0.15, 0.2) is 0 Å². The molecule has 1 aliphatic rings. The lowest BCUT2D eigenvalue weighted by molar-refractivity contribution is -0.141. The number of nitrogens with zero attached hydrogens (tertiary/aromatic N) is 1. The van der Waals surface area contributed by atoms with Crippen LogP contribution in [0.3, 0.4) is 0 Å². The van der Waals surface area contributed by atoms with Crippen LogP contribution in [0.1, 0.15) is 23.1 Å². The summed E-state index contributed by atoms with van der Waals surface area (Å²) in [7, 11) is -3.16. The van der Waals surface area contributed by atoms with Crippen LogP contribution in [-0.4, -0.2) is 43.6 Å². The maximum absolute atomic E-state index is 12.9. The van der Waals surface area contributed by atoms with E-state index in [4.69, 9.17) is 5.41 Å². The molecule has 3 N–H and O–H groups in total. The van der Waals surface area contributed by atoms with Crippen LogP contribution in [0.2, 0.25) is 0 Å². The van der Waals surface area contributed by atoms with E-state index in [1.165, 1.54) is 18.4 Å². The van der Waals surface area contributed by atoms with E-state index >= 15 is 0 Å². The highest BCUT2D eigenvalue weighted by atomic mass is 32.2. The van der Waals surface area contributed by atoms with E-state index < -0.39 is 33.3 Å². The minimum Gasteiger partial charge on any atom is -0.389 e. The summed E-state index contributed by atoms with van der Waals surface area (Å²) in [5.74, 6) is -0.965. The molecule has 0 aromatic carbocycles. The number of allylic oxidation sites excluding steroid dienone is 4. The molecule has 166 valence electrons. The van der Waals surface area contributed by atoms with Crippen LogP contribution in [0, 0.1) is 5.41 Å². The van der Waals surface area contributed by atoms with E-state index in [9.17, 15) is 26.4 Å². The number of hydrogen-bond donors (Lipinski definition) is 3. The standard InChI is InChI=1S/C20H21F3N4O3S/c1-12(2)14-10-15(24)13(11-25-7-8-31(3,29)30)9-17(14)27-19(28)16-5-4-6-18(26-16)20(21,22)23/h4-6,9-11,24-25H,1,7-8H2,2-3H3,(H,27,28)/b13-11-,24-15?. The van der Waals surface area contributed by atoms with Crippen molar-refractivity contribution in [1.82, 2.24) is 15.6 Å². The van der Waals surface area contributed by atoms with Gasteiger partial charge in [0.1, 0.15) is 21.2 Å². The molecule has 1 heterocycles. The molecule has 31 heavy (non-hydrogen) atoms. The first-order valence-corrected chi connectivity index (χ1v) is 11.0. The molecule has 7 nitrogen and oxygen atoms in total. The van der Waals surface area contributed by atoms with Gasteiger partial charge in [-0.1, -0.05) is 12.6 Å². The van der Waals surface area contributed by atoms with Gasteiger partial charge in [0.05, 0.1) is 11.5 Å². The van der Waals surface area contributed by atoms with Crippen LogP contribution < -0.4 is 10.6 Å². The number of alkyl halides is 3. The molecule has 0 bridgehead atoms. The Morgan fingerprint density at radius 1 is 1.29 bits per heavy atom. The fourth-order valence-electron chi connectivity index (χ4n) is 2.52. The third kappa shape index (κ3) is 6.92. The van der Waals surface area contributed by atoms with Gasteiger partial charge < -0.3 is 16.0 Å². The minimum atomic E-state index is -4.69. The predicted molar refractivity (Wildman–Crippen MR) is 111 cm³/mol. The van der Waals surface area contributed by atoms with E-state index in [0.29, 0.717) is 16.7 Å². The van der Waals surface area contributed by atoms with Gasteiger partial charge in [0.25, 0.3) is 5.91 Å². The highest BCUT2D eigenvalue weighted by Crippen LogP contribution is 2.28. The average molecular weight is 454 g/mol. The van der Waals surface area contributed by atoms with Gasteiger partial charge in [0.2, 0.25) is 0 Å². The predicted octanol–water partition coefficient (Wildman–Crippen LogP) is 2.77. The molecule has 0 unspecified atom stereocenters. The first kappa shape index (κ1) is 24.1. The van der Waals surface area contributed by atoms with Gasteiger partial charge in [-0.05, 0) is 36.8 Å². The molecule has 0 fully saturated rings. The van der Waals surface area contributed by atoms with Crippen molar-refractivity contribution < 1.29 is 26.4 Å². The lowest BCUT2D eigenvalue weighted by atomic mass is 9.94. The second-order valence-corrected chi connectivity index (χ2v) is 9.11. The van der Waals surface area contributed by atoms with E-state index in [1.54, 1.807) is 6.92 Å². The van der Waals surface area contributed by atoms with E-state index in [2.05, 4.69) is 22.2 Å². The van der Waals surface area contributed by atoms with Crippen molar-refractivity contribution in [1.29, 1.82) is 5.41 Å². The molecule has 0 atom stereocenters. The van der Waals surface area contributed by atoms with Crippen molar-refractivity contribution >= 4 is 21.5 Å². The molecule has 1 amide bonds. The fraction of sp³-hybridized carbons (Fsp3) is 0.250. The number of rotatable bonds is 7. The molecule has 0 saturated heterocycles. The molecule has 1 aromatic heterocycles. The molecule has 1 aromatic rings. The van der Waals surface area contributed by atoms with Crippen LogP contribution >= 0.6 is 0 Å².